The van der Waals surface area contributed by atoms with E-state index >= 15 is 0 Å². The molecule has 1 aromatic carbocycles. The van der Waals surface area contributed by atoms with E-state index in [2.05, 4.69) is 12.2 Å². The normalized spacial score (nSPS) is 20.9. The number of rotatable bonds is 7. The summed E-state index contributed by atoms with van der Waals surface area (Å²) in [4.78, 5) is 14.1. The lowest BCUT2D eigenvalue weighted by Crippen LogP contribution is -3.19. The van der Waals surface area contributed by atoms with E-state index in [1.54, 1.807) is 16.4 Å². The van der Waals surface area contributed by atoms with Crippen LogP contribution in [0, 0.1) is 0 Å². The van der Waals surface area contributed by atoms with Crippen molar-refractivity contribution >= 4 is 15.9 Å². The monoisotopic (exact) mass is 408 g/mol. The van der Waals surface area contributed by atoms with Crippen LogP contribution in [0.15, 0.2) is 29.2 Å². The number of nitrogens with one attached hydrogen (secondary N) is 2. The first kappa shape index (κ1) is 21.3. The molecule has 3 rings (SSSR count). The van der Waals surface area contributed by atoms with Crippen molar-refractivity contribution in [1.29, 1.82) is 0 Å². The van der Waals surface area contributed by atoms with Crippen molar-refractivity contribution in [2.75, 3.05) is 26.2 Å². The molecule has 0 unspecified atom stereocenters. The Labute approximate surface area is 169 Å². The Morgan fingerprint density at radius 1 is 1.18 bits per heavy atom. The zero-order chi connectivity index (χ0) is 20.1. The van der Waals surface area contributed by atoms with Gasteiger partial charge in [0.1, 0.15) is 0 Å². The molecule has 2 fully saturated rings. The minimum atomic E-state index is -3.46. The Balaban J connectivity index is 1.55. The van der Waals surface area contributed by atoms with Crippen LogP contribution >= 0.6 is 0 Å². The van der Waals surface area contributed by atoms with Gasteiger partial charge in [0.15, 0.2) is 6.04 Å². The molecule has 2 aliphatic rings. The van der Waals surface area contributed by atoms with Gasteiger partial charge in [-0.25, -0.2) is 8.42 Å². The topological polar surface area (TPSA) is 70.9 Å². The third-order valence-corrected chi connectivity index (χ3v) is 8.08. The molecule has 6 nitrogen and oxygen atoms in total. The highest BCUT2D eigenvalue weighted by Crippen LogP contribution is 2.18. The summed E-state index contributed by atoms with van der Waals surface area (Å²) < 4.78 is 27.4. The van der Waals surface area contributed by atoms with E-state index in [0.717, 1.165) is 31.2 Å². The molecule has 156 valence electrons. The Morgan fingerprint density at radius 3 is 2.36 bits per heavy atom. The molecule has 28 heavy (non-hydrogen) atoms. The van der Waals surface area contributed by atoms with Gasteiger partial charge in [0.25, 0.3) is 5.91 Å². The van der Waals surface area contributed by atoms with E-state index in [0.29, 0.717) is 37.1 Å². The Bertz CT molecular complexity index is 750. The third-order valence-electron chi connectivity index (χ3n) is 6.17. The molecule has 0 bridgehead atoms. The summed E-state index contributed by atoms with van der Waals surface area (Å²) in [6, 6.07) is 7.44. The number of hydrogen-bond donors (Lipinski definition) is 2. The molecule has 1 aromatic rings. The minimum Gasteiger partial charge on any atom is -0.348 e. The molecule has 0 aromatic heterocycles. The van der Waals surface area contributed by atoms with Gasteiger partial charge in [-0.3, -0.25) is 4.79 Å². The van der Waals surface area contributed by atoms with Crippen molar-refractivity contribution in [3.05, 3.63) is 29.8 Å². The van der Waals surface area contributed by atoms with Crippen LogP contribution < -0.4 is 10.2 Å². The van der Waals surface area contributed by atoms with Crippen LogP contribution in [0.3, 0.4) is 0 Å². The summed E-state index contributed by atoms with van der Waals surface area (Å²) >= 11 is 0. The smallest absolute Gasteiger partial charge is 0.278 e. The van der Waals surface area contributed by atoms with E-state index in [9.17, 15) is 13.2 Å². The number of amides is 1. The number of nitrogens with zero attached hydrogens (tertiary/aromatic N) is 1. The number of carbonyl (C=O) groups excluding carboxylic acids is 1. The quantitative estimate of drug-likeness (QED) is 0.706. The maximum Gasteiger partial charge on any atom is 0.278 e. The summed E-state index contributed by atoms with van der Waals surface area (Å²) in [5.41, 5.74) is 1.16. The van der Waals surface area contributed by atoms with E-state index in [4.69, 9.17) is 0 Å². The van der Waals surface area contributed by atoms with Crippen molar-refractivity contribution < 1.29 is 18.1 Å². The number of carbonyl (C=O) groups is 1. The highest BCUT2D eigenvalue weighted by molar-refractivity contribution is 7.89. The summed E-state index contributed by atoms with van der Waals surface area (Å²) in [6.45, 7) is 6.29. The predicted molar refractivity (Wildman–Crippen MR) is 110 cm³/mol. The van der Waals surface area contributed by atoms with Crippen LogP contribution in [-0.2, 0) is 21.2 Å². The number of hydrogen-bond acceptors (Lipinski definition) is 3. The number of aryl methyl sites for hydroxylation is 1. The first-order chi connectivity index (χ1) is 13.4. The second kappa shape index (κ2) is 9.37. The van der Waals surface area contributed by atoms with Gasteiger partial charge in [-0.05, 0) is 43.9 Å². The zero-order valence-electron chi connectivity index (χ0n) is 17.1. The van der Waals surface area contributed by atoms with Gasteiger partial charge in [-0.2, -0.15) is 4.31 Å². The minimum absolute atomic E-state index is 0.102. The molecule has 0 spiro atoms. The first-order valence-corrected chi connectivity index (χ1v) is 12.1. The van der Waals surface area contributed by atoms with Crippen molar-refractivity contribution in [3.63, 3.8) is 0 Å². The van der Waals surface area contributed by atoms with Crippen molar-refractivity contribution in [2.24, 2.45) is 0 Å². The highest BCUT2D eigenvalue weighted by Gasteiger charge is 2.35. The van der Waals surface area contributed by atoms with Gasteiger partial charge < -0.3 is 10.2 Å². The lowest BCUT2D eigenvalue weighted by Gasteiger charge is -2.34. The first-order valence-electron chi connectivity index (χ1n) is 10.7. The molecule has 7 heteroatoms. The fraction of sp³-hybridized carbons (Fsp3) is 0.667. The fourth-order valence-electron chi connectivity index (χ4n) is 4.29. The molecular formula is C21H34N3O3S+. The summed E-state index contributed by atoms with van der Waals surface area (Å²) in [5, 5.41) is 3.17. The van der Waals surface area contributed by atoms with Crippen molar-refractivity contribution in [1.82, 2.24) is 9.62 Å². The molecule has 0 radical (unpaired) electrons. The standard InChI is InChI=1S/C21H33N3O3S/c1-3-6-18-9-11-20(12-10-18)28(26,27)24-15-13-23(14-16-24)17(2)21(25)22-19-7-4-5-8-19/h9-12,17,19H,3-8,13-16H2,1-2H3,(H,22,25)/p+1/t17-/m1/s1. The van der Waals surface area contributed by atoms with Crippen molar-refractivity contribution in [3.8, 4) is 0 Å². The third kappa shape index (κ3) is 4.93. The maximum atomic E-state index is 12.9. The van der Waals surface area contributed by atoms with Crippen LogP contribution in [-0.4, -0.2) is 56.9 Å². The lowest BCUT2D eigenvalue weighted by atomic mass is 10.1. The average molecular weight is 409 g/mol. The Hall–Kier alpha value is -1.44. The van der Waals surface area contributed by atoms with Crippen molar-refractivity contribution in [2.45, 2.75) is 69.4 Å². The molecule has 1 saturated heterocycles. The number of sulfonamides is 1. The second-order valence-electron chi connectivity index (χ2n) is 8.17. The molecule has 1 heterocycles. The second-order valence-corrected chi connectivity index (χ2v) is 10.1. The van der Waals surface area contributed by atoms with Crippen LogP contribution in [0.5, 0.6) is 0 Å². The van der Waals surface area contributed by atoms with E-state index in [1.165, 1.54) is 17.7 Å². The SMILES string of the molecule is CCCc1ccc(S(=O)(=O)N2CC[NH+]([C@H](C)C(=O)NC3CCCC3)CC2)cc1. The largest absolute Gasteiger partial charge is 0.348 e. The van der Waals surface area contributed by atoms with Gasteiger partial charge in [0.05, 0.1) is 31.1 Å². The molecule has 1 aliphatic heterocycles. The molecule has 1 amide bonds. The predicted octanol–water partition coefficient (Wildman–Crippen LogP) is 0.976. The highest BCUT2D eigenvalue weighted by atomic mass is 32.2. The van der Waals surface area contributed by atoms with Crippen LogP contribution in [0.2, 0.25) is 0 Å². The summed E-state index contributed by atoms with van der Waals surface area (Å²) in [6.07, 6.45) is 6.56. The fourth-order valence-corrected chi connectivity index (χ4v) is 5.74. The van der Waals surface area contributed by atoms with E-state index < -0.39 is 10.0 Å². The zero-order valence-corrected chi connectivity index (χ0v) is 17.9. The number of quaternary nitrogens is 1. The van der Waals surface area contributed by atoms with E-state index in [1.807, 2.05) is 19.1 Å². The Kier molecular flexibility index (Phi) is 7.12. The maximum absolute atomic E-state index is 12.9. The van der Waals surface area contributed by atoms with E-state index in [-0.39, 0.29) is 11.9 Å². The van der Waals surface area contributed by atoms with Gasteiger partial charge in [0, 0.05) is 6.04 Å². The van der Waals surface area contributed by atoms with Gasteiger partial charge in [0.2, 0.25) is 10.0 Å². The molecule has 1 saturated carbocycles. The van der Waals surface area contributed by atoms with Gasteiger partial charge >= 0.3 is 0 Å². The van der Waals surface area contributed by atoms with Gasteiger partial charge in [-0.15, -0.1) is 0 Å². The molecule has 2 N–H and O–H groups in total. The molecule has 1 atom stereocenters. The van der Waals surface area contributed by atoms with Crippen LogP contribution in [0.1, 0.15) is 51.5 Å². The van der Waals surface area contributed by atoms with Crippen LogP contribution in [0.25, 0.3) is 0 Å². The lowest BCUT2D eigenvalue weighted by molar-refractivity contribution is -0.917. The van der Waals surface area contributed by atoms with Gasteiger partial charge in [-0.1, -0.05) is 38.3 Å². The molecular weight excluding hydrogens is 374 g/mol. The summed E-state index contributed by atoms with van der Waals surface area (Å²) in [7, 11) is -3.46. The van der Waals surface area contributed by atoms with Crippen LogP contribution in [0.4, 0.5) is 0 Å². The number of benzene rings is 1. The average Bonchev–Trinajstić information content (AvgIpc) is 3.21. The summed E-state index contributed by atoms with van der Waals surface area (Å²) in [5.74, 6) is 0.102. The number of piperazine rings is 1. The molecule has 1 aliphatic carbocycles. The Morgan fingerprint density at radius 2 is 1.79 bits per heavy atom.